The molecule has 2 aliphatic rings. The van der Waals surface area contributed by atoms with Crippen molar-refractivity contribution < 1.29 is 14.3 Å². The van der Waals surface area contributed by atoms with Gasteiger partial charge in [-0.05, 0) is 38.2 Å². The van der Waals surface area contributed by atoms with Crippen LogP contribution in [0.25, 0.3) is 10.2 Å². The zero-order valence-electron chi connectivity index (χ0n) is 17.6. The Balaban J connectivity index is 1.76. The van der Waals surface area contributed by atoms with Crippen LogP contribution < -0.4 is 4.90 Å². The van der Waals surface area contributed by atoms with E-state index in [1.807, 2.05) is 13.8 Å². The maximum absolute atomic E-state index is 12.5. The lowest BCUT2D eigenvalue weighted by Crippen LogP contribution is -2.37. The topological polar surface area (TPSA) is 67.8 Å². The number of fused-ring (bicyclic) bond motifs is 1. The summed E-state index contributed by atoms with van der Waals surface area (Å²) in [7, 11) is 0. The summed E-state index contributed by atoms with van der Waals surface area (Å²) in [5.74, 6) is 2.18. The molecule has 0 spiro atoms. The Bertz CT molecular complexity index is 878. The molecule has 2 aliphatic heterocycles. The van der Waals surface area contributed by atoms with Crippen LogP contribution in [0.3, 0.4) is 0 Å². The van der Waals surface area contributed by atoms with Gasteiger partial charge in [-0.3, -0.25) is 4.90 Å². The third-order valence-electron chi connectivity index (χ3n) is 5.70. The molecule has 4 rings (SSSR count). The molecule has 0 saturated carbocycles. The standard InChI is InChI=1S/C21H30N4O3S/c1-4-28-21(26)18-15(3)17-19(25-7-5-6-14(2)12-25)22-16(23-20(17)29-18)13-24-8-10-27-11-9-24/h14H,4-13H2,1-3H3/t14-/m1/s1. The molecule has 29 heavy (non-hydrogen) atoms. The first kappa shape index (κ1) is 20.5. The Morgan fingerprint density at radius 1 is 1.28 bits per heavy atom. The van der Waals surface area contributed by atoms with E-state index in [1.165, 1.54) is 24.2 Å². The van der Waals surface area contributed by atoms with E-state index >= 15 is 0 Å². The van der Waals surface area contributed by atoms with Crippen LogP contribution in [0, 0.1) is 12.8 Å². The number of morpholine rings is 1. The Kier molecular flexibility index (Phi) is 6.32. The number of esters is 1. The third kappa shape index (κ3) is 4.39. The molecule has 7 nitrogen and oxygen atoms in total. The highest BCUT2D eigenvalue weighted by Crippen LogP contribution is 2.37. The Labute approximate surface area is 176 Å². The van der Waals surface area contributed by atoms with E-state index in [-0.39, 0.29) is 5.97 Å². The van der Waals surface area contributed by atoms with Gasteiger partial charge in [0.25, 0.3) is 0 Å². The number of hydrogen-bond acceptors (Lipinski definition) is 8. The fourth-order valence-corrected chi connectivity index (χ4v) is 5.28. The predicted molar refractivity (Wildman–Crippen MR) is 115 cm³/mol. The van der Waals surface area contributed by atoms with Crippen molar-refractivity contribution in [2.75, 3.05) is 50.9 Å². The van der Waals surface area contributed by atoms with Crippen LogP contribution in [-0.4, -0.2) is 66.8 Å². The number of hydrogen-bond donors (Lipinski definition) is 0. The third-order valence-corrected chi connectivity index (χ3v) is 6.87. The van der Waals surface area contributed by atoms with Crippen molar-refractivity contribution in [1.29, 1.82) is 0 Å². The van der Waals surface area contributed by atoms with Crippen LogP contribution in [0.1, 0.15) is 47.7 Å². The van der Waals surface area contributed by atoms with Crippen molar-refractivity contribution in [3.8, 4) is 0 Å². The highest BCUT2D eigenvalue weighted by atomic mass is 32.1. The molecule has 2 fully saturated rings. The second-order valence-electron chi connectivity index (χ2n) is 8.00. The monoisotopic (exact) mass is 418 g/mol. The molecule has 2 aromatic heterocycles. The zero-order chi connectivity index (χ0) is 20.4. The van der Waals surface area contributed by atoms with Gasteiger partial charge < -0.3 is 14.4 Å². The Morgan fingerprint density at radius 3 is 2.79 bits per heavy atom. The summed E-state index contributed by atoms with van der Waals surface area (Å²) in [6, 6.07) is 0. The summed E-state index contributed by atoms with van der Waals surface area (Å²) in [4.78, 5) is 28.6. The number of rotatable bonds is 5. The van der Waals surface area contributed by atoms with Crippen molar-refractivity contribution in [3.05, 3.63) is 16.3 Å². The fourth-order valence-electron chi connectivity index (χ4n) is 4.19. The maximum Gasteiger partial charge on any atom is 0.348 e. The first-order valence-electron chi connectivity index (χ1n) is 10.6. The summed E-state index contributed by atoms with van der Waals surface area (Å²) in [5.41, 5.74) is 0.939. The SMILES string of the molecule is CCOC(=O)c1sc2nc(CN3CCOCC3)nc(N3CCC[C@@H](C)C3)c2c1C. The number of anilines is 1. The molecular weight excluding hydrogens is 388 g/mol. The molecule has 4 heterocycles. The van der Waals surface area contributed by atoms with Gasteiger partial charge in [-0.15, -0.1) is 11.3 Å². The van der Waals surface area contributed by atoms with E-state index in [2.05, 4.69) is 16.7 Å². The average molecular weight is 419 g/mol. The number of aryl methyl sites for hydroxylation is 1. The molecule has 0 N–H and O–H groups in total. The van der Waals surface area contributed by atoms with Crippen LogP contribution in [0.2, 0.25) is 0 Å². The highest BCUT2D eigenvalue weighted by Gasteiger charge is 2.26. The van der Waals surface area contributed by atoms with Gasteiger partial charge in [0, 0.05) is 26.2 Å². The van der Waals surface area contributed by atoms with Crippen molar-refractivity contribution in [2.24, 2.45) is 5.92 Å². The number of piperidine rings is 1. The van der Waals surface area contributed by atoms with E-state index in [0.717, 1.165) is 66.8 Å². The van der Waals surface area contributed by atoms with Crippen molar-refractivity contribution >= 4 is 33.3 Å². The van der Waals surface area contributed by atoms with E-state index in [1.54, 1.807) is 0 Å². The van der Waals surface area contributed by atoms with Gasteiger partial charge in [-0.1, -0.05) is 6.92 Å². The summed E-state index contributed by atoms with van der Waals surface area (Å²) in [5, 5.41) is 1.01. The minimum absolute atomic E-state index is 0.263. The lowest BCUT2D eigenvalue weighted by Gasteiger charge is -2.33. The van der Waals surface area contributed by atoms with Crippen molar-refractivity contribution in [1.82, 2.24) is 14.9 Å². The van der Waals surface area contributed by atoms with Gasteiger partial charge in [-0.2, -0.15) is 0 Å². The summed E-state index contributed by atoms with van der Waals surface area (Å²) >= 11 is 1.43. The largest absolute Gasteiger partial charge is 0.462 e. The van der Waals surface area contributed by atoms with Gasteiger partial charge in [0.2, 0.25) is 0 Å². The maximum atomic E-state index is 12.5. The summed E-state index contributed by atoms with van der Waals surface area (Å²) in [6.07, 6.45) is 2.42. The molecule has 0 aromatic carbocycles. The Morgan fingerprint density at radius 2 is 2.07 bits per heavy atom. The van der Waals surface area contributed by atoms with Crippen LogP contribution in [0.5, 0.6) is 0 Å². The molecule has 0 amide bonds. The second-order valence-corrected chi connectivity index (χ2v) is 9.00. The first-order chi connectivity index (χ1) is 14.1. The van der Waals surface area contributed by atoms with E-state index in [0.29, 0.717) is 23.9 Å². The Hall–Kier alpha value is -1.77. The molecule has 0 radical (unpaired) electrons. The molecule has 0 bridgehead atoms. The lowest BCUT2D eigenvalue weighted by atomic mass is 10.00. The molecule has 8 heteroatoms. The number of thiophene rings is 1. The summed E-state index contributed by atoms with van der Waals surface area (Å²) < 4.78 is 10.7. The van der Waals surface area contributed by atoms with Gasteiger partial charge in [-0.25, -0.2) is 14.8 Å². The molecule has 2 saturated heterocycles. The van der Waals surface area contributed by atoms with Crippen LogP contribution in [0.15, 0.2) is 0 Å². The highest BCUT2D eigenvalue weighted by molar-refractivity contribution is 7.20. The van der Waals surface area contributed by atoms with E-state index in [4.69, 9.17) is 19.4 Å². The van der Waals surface area contributed by atoms with Crippen LogP contribution >= 0.6 is 11.3 Å². The van der Waals surface area contributed by atoms with Gasteiger partial charge in [0.15, 0.2) is 0 Å². The molecule has 2 aromatic rings. The molecule has 158 valence electrons. The number of carbonyl (C=O) groups excluding carboxylic acids is 1. The molecule has 0 unspecified atom stereocenters. The van der Waals surface area contributed by atoms with Gasteiger partial charge in [0.1, 0.15) is 21.3 Å². The number of aromatic nitrogens is 2. The normalized spacial score (nSPS) is 20.9. The fraction of sp³-hybridized carbons (Fsp3) is 0.667. The lowest BCUT2D eigenvalue weighted by molar-refractivity contribution is 0.0331. The molecule has 0 aliphatic carbocycles. The van der Waals surface area contributed by atoms with Crippen molar-refractivity contribution in [3.63, 3.8) is 0 Å². The average Bonchev–Trinajstić information content (AvgIpc) is 3.05. The quantitative estimate of drug-likeness (QED) is 0.691. The van der Waals surface area contributed by atoms with Gasteiger partial charge >= 0.3 is 5.97 Å². The first-order valence-corrected chi connectivity index (χ1v) is 11.4. The second kappa shape index (κ2) is 8.93. The molecule has 1 atom stereocenters. The number of ether oxygens (including phenoxy) is 2. The van der Waals surface area contributed by atoms with Crippen LogP contribution in [-0.2, 0) is 16.0 Å². The molecular formula is C21H30N4O3S. The number of carbonyl (C=O) groups is 1. The predicted octanol–water partition coefficient (Wildman–Crippen LogP) is 3.24. The van der Waals surface area contributed by atoms with E-state index < -0.39 is 0 Å². The van der Waals surface area contributed by atoms with Crippen LogP contribution in [0.4, 0.5) is 5.82 Å². The number of nitrogens with zero attached hydrogens (tertiary/aromatic N) is 4. The summed E-state index contributed by atoms with van der Waals surface area (Å²) in [6.45, 7) is 12.5. The van der Waals surface area contributed by atoms with E-state index in [9.17, 15) is 4.79 Å². The minimum Gasteiger partial charge on any atom is -0.462 e. The smallest absolute Gasteiger partial charge is 0.348 e. The van der Waals surface area contributed by atoms with Crippen molar-refractivity contribution in [2.45, 2.75) is 40.2 Å². The minimum atomic E-state index is -0.263. The van der Waals surface area contributed by atoms with Gasteiger partial charge in [0.05, 0.1) is 31.8 Å². The zero-order valence-corrected chi connectivity index (χ0v) is 18.4.